The second-order valence-corrected chi connectivity index (χ2v) is 4.06. The average molecular weight is 208 g/mol. The Morgan fingerprint density at radius 3 is 2.86 bits per heavy atom. The molecule has 1 atom stereocenters. The molecule has 2 heterocycles. The van der Waals surface area contributed by atoms with Gasteiger partial charge in [0.05, 0.1) is 11.4 Å². The number of nitrogens with two attached hydrogens (primary N) is 1. The zero-order chi connectivity index (χ0) is 10.1. The van der Waals surface area contributed by atoms with E-state index in [4.69, 9.17) is 5.73 Å². The van der Waals surface area contributed by atoms with Crippen LogP contribution >= 0.6 is 11.3 Å². The Bertz CT molecular complexity index is 429. The molecule has 0 fully saturated rings. The maximum absolute atomic E-state index is 5.74. The van der Waals surface area contributed by atoms with Crippen molar-refractivity contribution >= 4 is 11.3 Å². The van der Waals surface area contributed by atoms with E-state index in [1.165, 1.54) is 0 Å². The molecule has 0 aromatic carbocycles. The summed E-state index contributed by atoms with van der Waals surface area (Å²) >= 11 is 1.60. The number of nitrogens with zero attached hydrogens (tertiary/aromatic N) is 3. The van der Waals surface area contributed by atoms with Crippen LogP contribution in [-0.4, -0.2) is 14.8 Å². The molecule has 2 aromatic rings. The van der Waals surface area contributed by atoms with E-state index < -0.39 is 0 Å². The molecule has 0 aliphatic rings. The van der Waals surface area contributed by atoms with Gasteiger partial charge in [-0.15, -0.1) is 11.3 Å². The Labute approximate surface area is 86.4 Å². The van der Waals surface area contributed by atoms with Crippen molar-refractivity contribution in [1.29, 1.82) is 0 Å². The molecule has 14 heavy (non-hydrogen) atoms. The van der Waals surface area contributed by atoms with E-state index in [0.29, 0.717) is 0 Å². The van der Waals surface area contributed by atoms with Crippen LogP contribution in [0.15, 0.2) is 17.6 Å². The summed E-state index contributed by atoms with van der Waals surface area (Å²) in [6.07, 6.45) is 1.77. The second-order valence-electron chi connectivity index (χ2n) is 3.21. The summed E-state index contributed by atoms with van der Waals surface area (Å²) in [6, 6.07) is 1.94. The number of thiazole rings is 1. The fourth-order valence-corrected chi connectivity index (χ4v) is 2.18. The molecule has 4 nitrogen and oxygen atoms in total. The van der Waals surface area contributed by atoms with Crippen molar-refractivity contribution in [2.75, 3.05) is 0 Å². The SMILES string of the molecule is CC(N)c1csc(-c2ccnn2C)n1. The summed E-state index contributed by atoms with van der Waals surface area (Å²) in [5.74, 6) is 0. The van der Waals surface area contributed by atoms with Crippen LogP contribution in [0, 0.1) is 0 Å². The zero-order valence-corrected chi connectivity index (χ0v) is 8.95. The van der Waals surface area contributed by atoms with Crippen molar-refractivity contribution in [1.82, 2.24) is 14.8 Å². The van der Waals surface area contributed by atoms with Gasteiger partial charge in [-0.25, -0.2) is 4.98 Å². The second kappa shape index (κ2) is 3.51. The Morgan fingerprint density at radius 2 is 2.36 bits per heavy atom. The normalized spacial score (nSPS) is 13.1. The van der Waals surface area contributed by atoms with Crippen LogP contribution in [0.5, 0.6) is 0 Å². The fourth-order valence-electron chi connectivity index (χ4n) is 1.20. The molecule has 0 spiro atoms. The molecule has 0 amide bonds. The van der Waals surface area contributed by atoms with Crippen LogP contribution in [0.2, 0.25) is 0 Å². The molecule has 0 bridgehead atoms. The van der Waals surface area contributed by atoms with Crippen LogP contribution in [0.4, 0.5) is 0 Å². The molecule has 0 aliphatic carbocycles. The van der Waals surface area contributed by atoms with Gasteiger partial charge in [0.25, 0.3) is 0 Å². The third-order valence-electron chi connectivity index (χ3n) is 2.03. The lowest BCUT2D eigenvalue weighted by Crippen LogP contribution is -2.05. The molecule has 2 aromatic heterocycles. The highest BCUT2D eigenvalue weighted by Crippen LogP contribution is 2.24. The number of aryl methyl sites for hydroxylation is 1. The van der Waals surface area contributed by atoms with Gasteiger partial charge in [0.1, 0.15) is 5.01 Å². The van der Waals surface area contributed by atoms with E-state index in [2.05, 4.69) is 10.1 Å². The van der Waals surface area contributed by atoms with Crippen LogP contribution < -0.4 is 5.73 Å². The van der Waals surface area contributed by atoms with Gasteiger partial charge in [-0.3, -0.25) is 4.68 Å². The lowest BCUT2D eigenvalue weighted by molar-refractivity contribution is 0.768. The first kappa shape index (κ1) is 9.36. The molecule has 0 radical (unpaired) electrons. The third kappa shape index (κ3) is 1.56. The standard InChI is InChI=1S/C9H12N4S/c1-6(10)7-5-14-9(12-7)8-3-4-11-13(8)2/h3-6H,10H2,1-2H3. The molecule has 0 aliphatic heterocycles. The Balaban J connectivity index is 2.39. The van der Waals surface area contributed by atoms with E-state index in [0.717, 1.165) is 16.4 Å². The van der Waals surface area contributed by atoms with E-state index in [1.54, 1.807) is 17.5 Å². The van der Waals surface area contributed by atoms with Crippen LogP contribution in [0.25, 0.3) is 10.7 Å². The van der Waals surface area contributed by atoms with Crippen molar-refractivity contribution in [2.45, 2.75) is 13.0 Å². The largest absolute Gasteiger partial charge is 0.323 e. The highest BCUT2D eigenvalue weighted by Gasteiger charge is 2.09. The lowest BCUT2D eigenvalue weighted by atomic mass is 10.3. The Hall–Kier alpha value is -1.20. The first-order chi connectivity index (χ1) is 6.68. The minimum atomic E-state index is -0.00627. The van der Waals surface area contributed by atoms with Crippen molar-refractivity contribution in [3.63, 3.8) is 0 Å². The molecule has 2 rings (SSSR count). The smallest absolute Gasteiger partial charge is 0.141 e. The lowest BCUT2D eigenvalue weighted by Gasteiger charge is -1.98. The molecule has 2 N–H and O–H groups in total. The molecule has 5 heteroatoms. The number of rotatable bonds is 2. The summed E-state index contributed by atoms with van der Waals surface area (Å²) < 4.78 is 1.81. The zero-order valence-electron chi connectivity index (χ0n) is 8.14. The molecule has 0 saturated heterocycles. The number of hydrogen-bond acceptors (Lipinski definition) is 4. The minimum absolute atomic E-state index is 0.00627. The van der Waals surface area contributed by atoms with Crippen LogP contribution in [-0.2, 0) is 7.05 Å². The van der Waals surface area contributed by atoms with Crippen molar-refractivity contribution in [2.24, 2.45) is 12.8 Å². The highest BCUT2D eigenvalue weighted by molar-refractivity contribution is 7.13. The van der Waals surface area contributed by atoms with Crippen molar-refractivity contribution < 1.29 is 0 Å². The van der Waals surface area contributed by atoms with Gasteiger partial charge in [-0.05, 0) is 13.0 Å². The van der Waals surface area contributed by atoms with Gasteiger partial charge in [-0.2, -0.15) is 5.10 Å². The van der Waals surface area contributed by atoms with E-state index in [9.17, 15) is 0 Å². The van der Waals surface area contributed by atoms with Gasteiger partial charge in [0.15, 0.2) is 0 Å². The molecule has 74 valence electrons. The topological polar surface area (TPSA) is 56.7 Å². The van der Waals surface area contributed by atoms with E-state index in [-0.39, 0.29) is 6.04 Å². The number of hydrogen-bond donors (Lipinski definition) is 1. The monoisotopic (exact) mass is 208 g/mol. The maximum atomic E-state index is 5.74. The first-order valence-electron chi connectivity index (χ1n) is 4.38. The maximum Gasteiger partial charge on any atom is 0.141 e. The highest BCUT2D eigenvalue weighted by atomic mass is 32.1. The first-order valence-corrected chi connectivity index (χ1v) is 5.26. The summed E-state index contributed by atoms with van der Waals surface area (Å²) in [4.78, 5) is 4.45. The summed E-state index contributed by atoms with van der Waals surface area (Å²) in [6.45, 7) is 1.93. The third-order valence-corrected chi connectivity index (χ3v) is 2.91. The Kier molecular flexibility index (Phi) is 2.35. The summed E-state index contributed by atoms with van der Waals surface area (Å²) in [5, 5.41) is 7.06. The van der Waals surface area contributed by atoms with Crippen LogP contribution in [0.3, 0.4) is 0 Å². The molecular weight excluding hydrogens is 196 g/mol. The van der Waals surface area contributed by atoms with Gasteiger partial charge >= 0.3 is 0 Å². The Morgan fingerprint density at radius 1 is 1.57 bits per heavy atom. The van der Waals surface area contributed by atoms with Gasteiger partial charge in [0.2, 0.25) is 0 Å². The number of aromatic nitrogens is 3. The molecule has 0 saturated carbocycles. The minimum Gasteiger partial charge on any atom is -0.323 e. The predicted molar refractivity (Wildman–Crippen MR) is 56.9 cm³/mol. The van der Waals surface area contributed by atoms with Crippen molar-refractivity contribution in [3.8, 4) is 10.7 Å². The van der Waals surface area contributed by atoms with Gasteiger partial charge in [-0.1, -0.05) is 0 Å². The van der Waals surface area contributed by atoms with Gasteiger partial charge < -0.3 is 5.73 Å². The molecule has 1 unspecified atom stereocenters. The van der Waals surface area contributed by atoms with Crippen molar-refractivity contribution in [3.05, 3.63) is 23.3 Å². The average Bonchev–Trinajstić information content (AvgIpc) is 2.71. The quantitative estimate of drug-likeness (QED) is 0.815. The van der Waals surface area contributed by atoms with E-state index in [1.807, 2.05) is 30.1 Å². The van der Waals surface area contributed by atoms with Gasteiger partial charge in [0, 0.05) is 24.7 Å². The summed E-state index contributed by atoms with van der Waals surface area (Å²) in [5.41, 5.74) is 7.71. The predicted octanol–water partition coefficient (Wildman–Crippen LogP) is 1.56. The summed E-state index contributed by atoms with van der Waals surface area (Å²) in [7, 11) is 1.91. The fraction of sp³-hybridized carbons (Fsp3) is 0.333. The van der Waals surface area contributed by atoms with E-state index >= 15 is 0 Å². The van der Waals surface area contributed by atoms with Crippen LogP contribution in [0.1, 0.15) is 18.7 Å². The molecular formula is C9H12N4S.